The molecule has 0 aliphatic heterocycles. The van der Waals surface area contributed by atoms with Gasteiger partial charge in [0.1, 0.15) is 11.2 Å². The highest BCUT2D eigenvalue weighted by atomic mass is 16.3. The molecule has 0 unspecified atom stereocenters. The zero-order chi connectivity index (χ0) is 36.3. The zero-order valence-corrected chi connectivity index (χ0v) is 29.6. The summed E-state index contributed by atoms with van der Waals surface area (Å²) in [6.07, 6.45) is 0. The van der Waals surface area contributed by atoms with Crippen molar-refractivity contribution in [2.45, 2.75) is 0 Å². The fourth-order valence-electron chi connectivity index (χ4n) is 7.85. The summed E-state index contributed by atoms with van der Waals surface area (Å²) in [6, 6.07) is 65.9. The molecule has 11 aromatic rings. The van der Waals surface area contributed by atoms with E-state index in [-0.39, 0.29) is 0 Å². The van der Waals surface area contributed by atoms with Gasteiger partial charge < -0.3 is 4.42 Å². The fraction of sp³-hybridized carbons (Fsp3) is 0. The van der Waals surface area contributed by atoms with Crippen molar-refractivity contribution < 1.29 is 4.42 Å². The Morgan fingerprint density at radius 3 is 1.44 bits per heavy atom. The predicted octanol–water partition coefficient (Wildman–Crippen LogP) is 13.6. The van der Waals surface area contributed by atoms with Crippen LogP contribution in [0.1, 0.15) is 0 Å². The second kappa shape index (κ2) is 12.6. The first kappa shape index (κ1) is 31.1. The van der Waals surface area contributed by atoms with Gasteiger partial charge in [-0.15, -0.1) is 0 Å². The Morgan fingerprint density at radius 2 is 0.764 bits per heavy atom. The van der Waals surface area contributed by atoms with Gasteiger partial charge in [0.25, 0.3) is 0 Å². The van der Waals surface area contributed by atoms with Crippen LogP contribution >= 0.6 is 0 Å². The minimum Gasteiger partial charge on any atom is -0.456 e. The Bertz CT molecular complexity index is 3270. The molecule has 0 aliphatic rings. The second-order valence-corrected chi connectivity index (χ2v) is 14.1. The van der Waals surface area contributed by atoms with Crippen LogP contribution < -0.4 is 0 Å². The number of para-hydroxylation sites is 1. The molecular formula is C51H31N3O. The molecule has 2 aromatic heterocycles. The molecule has 4 heteroatoms. The fourth-order valence-corrected chi connectivity index (χ4v) is 7.85. The number of rotatable bonds is 5. The van der Waals surface area contributed by atoms with E-state index in [4.69, 9.17) is 19.4 Å². The summed E-state index contributed by atoms with van der Waals surface area (Å²) in [5.41, 5.74) is 8.89. The van der Waals surface area contributed by atoms with Crippen molar-refractivity contribution >= 4 is 54.3 Å². The molecule has 4 nitrogen and oxygen atoms in total. The predicted molar refractivity (Wildman–Crippen MR) is 227 cm³/mol. The molecule has 0 saturated carbocycles. The lowest BCUT2D eigenvalue weighted by Crippen LogP contribution is -2.00. The molecule has 256 valence electrons. The number of fused-ring (bicyclic) bond motifs is 6. The largest absolute Gasteiger partial charge is 0.456 e. The van der Waals surface area contributed by atoms with E-state index < -0.39 is 0 Å². The van der Waals surface area contributed by atoms with Gasteiger partial charge in [-0.05, 0) is 97.0 Å². The minimum absolute atomic E-state index is 0.581. The summed E-state index contributed by atoms with van der Waals surface area (Å²) in [6.45, 7) is 0. The normalized spacial score (nSPS) is 11.6. The molecule has 0 aliphatic carbocycles. The van der Waals surface area contributed by atoms with Crippen LogP contribution in [0.2, 0.25) is 0 Å². The molecular weight excluding hydrogens is 671 g/mol. The number of aromatic nitrogens is 3. The smallest absolute Gasteiger partial charge is 0.164 e. The number of benzene rings is 9. The third-order valence-corrected chi connectivity index (χ3v) is 10.6. The molecule has 55 heavy (non-hydrogen) atoms. The third-order valence-electron chi connectivity index (χ3n) is 10.6. The van der Waals surface area contributed by atoms with Crippen LogP contribution in [0.3, 0.4) is 0 Å². The molecule has 2 heterocycles. The maximum Gasteiger partial charge on any atom is 0.164 e. The minimum atomic E-state index is 0.581. The maximum absolute atomic E-state index is 6.56. The summed E-state index contributed by atoms with van der Waals surface area (Å²) < 4.78 is 6.56. The lowest BCUT2D eigenvalue weighted by atomic mass is 9.95. The highest BCUT2D eigenvalue weighted by molar-refractivity contribution is 6.14. The van der Waals surface area contributed by atoms with Gasteiger partial charge in [0.05, 0.1) is 0 Å². The SMILES string of the molecule is c1ccc(-c2ccc3cc(-c4nc(-c5ccc6ccccc6c5)nc(-c5cc(-c6ccc7ccccc7c6)c6c(c5)oc5ccccc56)n4)ccc3c2)cc1. The van der Waals surface area contributed by atoms with Crippen molar-refractivity contribution in [3.63, 3.8) is 0 Å². The molecule has 0 spiro atoms. The van der Waals surface area contributed by atoms with Crippen LogP contribution in [0, 0.1) is 0 Å². The quantitative estimate of drug-likeness (QED) is 0.179. The van der Waals surface area contributed by atoms with E-state index in [9.17, 15) is 0 Å². The van der Waals surface area contributed by atoms with Gasteiger partial charge in [0.2, 0.25) is 0 Å². The Morgan fingerprint density at radius 1 is 0.291 bits per heavy atom. The number of furan rings is 1. The lowest BCUT2D eigenvalue weighted by Gasteiger charge is -2.12. The zero-order valence-electron chi connectivity index (χ0n) is 29.6. The topological polar surface area (TPSA) is 51.8 Å². The van der Waals surface area contributed by atoms with Gasteiger partial charge in [-0.2, -0.15) is 0 Å². The van der Waals surface area contributed by atoms with Gasteiger partial charge in [0.15, 0.2) is 17.5 Å². The average Bonchev–Trinajstić information content (AvgIpc) is 3.64. The first-order valence-electron chi connectivity index (χ1n) is 18.5. The van der Waals surface area contributed by atoms with E-state index in [1.165, 1.54) is 27.3 Å². The van der Waals surface area contributed by atoms with Crippen LogP contribution in [0.15, 0.2) is 192 Å². The Kier molecular flexibility index (Phi) is 7.14. The lowest BCUT2D eigenvalue weighted by molar-refractivity contribution is 0.669. The van der Waals surface area contributed by atoms with Gasteiger partial charge in [-0.25, -0.2) is 15.0 Å². The second-order valence-electron chi connectivity index (χ2n) is 14.1. The van der Waals surface area contributed by atoms with Crippen molar-refractivity contribution in [3.05, 3.63) is 188 Å². The standard InChI is InChI=1S/C51H31N3O/c1-2-10-32(11-3-1)37-20-21-39-29-42(25-22-38(39)26-37)50-52-49(41-24-19-34-13-5-7-15-36(34)28-41)53-51(54-50)43-30-45(40-23-18-33-12-4-6-14-35(33)27-40)48-44-16-8-9-17-46(44)55-47(48)31-43/h1-31H. The summed E-state index contributed by atoms with van der Waals surface area (Å²) in [5, 5.41) is 9.10. The molecule has 0 bridgehead atoms. The van der Waals surface area contributed by atoms with E-state index >= 15 is 0 Å². The van der Waals surface area contributed by atoms with Crippen LogP contribution in [0.4, 0.5) is 0 Å². The molecule has 0 amide bonds. The van der Waals surface area contributed by atoms with E-state index in [1.54, 1.807) is 0 Å². The first-order chi connectivity index (χ1) is 27.2. The van der Waals surface area contributed by atoms with Crippen LogP contribution in [0.25, 0.3) is 111 Å². The van der Waals surface area contributed by atoms with E-state index in [1.807, 2.05) is 18.2 Å². The van der Waals surface area contributed by atoms with E-state index in [0.29, 0.717) is 17.5 Å². The number of hydrogen-bond donors (Lipinski definition) is 0. The van der Waals surface area contributed by atoms with Crippen molar-refractivity contribution in [3.8, 4) is 56.4 Å². The van der Waals surface area contributed by atoms with Crippen molar-refractivity contribution in [1.82, 2.24) is 15.0 Å². The van der Waals surface area contributed by atoms with Crippen molar-refractivity contribution in [2.24, 2.45) is 0 Å². The molecule has 0 atom stereocenters. The van der Waals surface area contributed by atoms with Gasteiger partial charge in [-0.3, -0.25) is 0 Å². The molecule has 0 N–H and O–H groups in total. The monoisotopic (exact) mass is 701 g/mol. The summed E-state index contributed by atoms with van der Waals surface area (Å²) in [7, 11) is 0. The Hall–Kier alpha value is -7.43. The van der Waals surface area contributed by atoms with Crippen LogP contribution in [-0.2, 0) is 0 Å². The highest BCUT2D eigenvalue weighted by Crippen LogP contribution is 2.41. The van der Waals surface area contributed by atoms with Crippen LogP contribution in [0.5, 0.6) is 0 Å². The number of nitrogens with zero attached hydrogens (tertiary/aromatic N) is 3. The molecule has 0 fully saturated rings. The Labute approximate surface area is 317 Å². The van der Waals surface area contributed by atoms with Gasteiger partial charge >= 0.3 is 0 Å². The highest BCUT2D eigenvalue weighted by Gasteiger charge is 2.19. The Balaban J connectivity index is 1.12. The first-order valence-corrected chi connectivity index (χ1v) is 18.5. The third kappa shape index (κ3) is 5.51. The molecule has 0 radical (unpaired) electrons. The molecule has 9 aromatic carbocycles. The summed E-state index contributed by atoms with van der Waals surface area (Å²) >= 11 is 0. The summed E-state index contributed by atoms with van der Waals surface area (Å²) in [4.78, 5) is 15.6. The molecule has 0 saturated heterocycles. The number of hydrogen-bond acceptors (Lipinski definition) is 4. The van der Waals surface area contributed by atoms with E-state index in [0.717, 1.165) is 65.9 Å². The van der Waals surface area contributed by atoms with Crippen molar-refractivity contribution in [2.75, 3.05) is 0 Å². The maximum atomic E-state index is 6.56. The summed E-state index contributed by atoms with van der Waals surface area (Å²) in [5.74, 6) is 1.80. The van der Waals surface area contributed by atoms with Crippen molar-refractivity contribution in [1.29, 1.82) is 0 Å². The van der Waals surface area contributed by atoms with Gasteiger partial charge in [0, 0.05) is 27.5 Å². The van der Waals surface area contributed by atoms with E-state index in [2.05, 4.69) is 170 Å². The average molecular weight is 702 g/mol. The molecule has 11 rings (SSSR count). The van der Waals surface area contributed by atoms with Crippen LogP contribution in [-0.4, -0.2) is 15.0 Å². The van der Waals surface area contributed by atoms with Gasteiger partial charge in [-0.1, -0.05) is 146 Å².